The van der Waals surface area contributed by atoms with E-state index >= 15 is 0 Å². The number of aromatic hydroxyl groups is 1. The van der Waals surface area contributed by atoms with Crippen LogP contribution >= 0.6 is 12.4 Å². The summed E-state index contributed by atoms with van der Waals surface area (Å²) in [5, 5.41) is 19.8. The van der Waals surface area contributed by atoms with Gasteiger partial charge in [0.1, 0.15) is 5.75 Å². The minimum absolute atomic E-state index is 0. The van der Waals surface area contributed by atoms with Gasteiger partial charge < -0.3 is 10.8 Å². The summed E-state index contributed by atoms with van der Waals surface area (Å²) in [4.78, 5) is 9.76. The summed E-state index contributed by atoms with van der Waals surface area (Å²) in [6, 6.07) is 2.02. The maximum atomic E-state index is 12.1. The molecule has 0 aliphatic heterocycles. The molecule has 0 amide bonds. The Kier molecular flexibility index (Phi) is 5.77. The summed E-state index contributed by atoms with van der Waals surface area (Å²) in [6.07, 6.45) is -3.29. The van der Waals surface area contributed by atoms with Crippen molar-refractivity contribution in [1.29, 1.82) is 0 Å². The fourth-order valence-electron chi connectivity index (χ4n) is 1.27. The van der Waals surface area contributed by atoms with Crippen LogP contribution in [0.4, 0.5) is 14.5 Å². The third kappa shape index (κ3) is 4.12. The second-order valence-electron chi connectivity index (χ2n) is 3.23. The molecule has 0 aromatic heterocycles. The molecule has 1 atom stereocenters. The summed E-state index contributed by atoms with van der Waals surface area (Å²) >= 11 is 0. The molecule has 1 aromatic rings. The number of nitrogens with zero attached hydrogens (tertiary/aromatic N) is 1. The molecule has 8 heteroatoms. The molecule has 3 N–H and O–H groups in total. The van der Waals surface area contributed by atoms with Crippen molar-refractivity contribution in [2.45, 2.75) is 18.9 Å². The second kappa shape index (κ2) is 6.31. The van der Waals surface area contributed by atoms with Crippen molar-refractivity contribution in [1.82, 2.24) is 0 Å². The molecule has 5 nitrogen and oxygen atoms in total. The van der Waals surface area contributed by atoms with Crippen LogP contribution in [-0.4, -0.2) is 16.5 Å². The molecule has 1 rings (SSSR count). The van der Waals surface area contributed by atoms with E-state index in [-0.39, 0.29) is 29.4 Å². The normalized spacial score (nSPS) is 12.0. The number of phenols is 1. The number of non-ortho nitro benzene ring substituents is 1. The van der Waals surface area contributed by atoms with Gasteiger partial charge in [-0.1, -0.05) is 0 Å². The SMILES string of the molecule is Cl.N[C@@H](CC(F)F)c1cc([N+](=O)[O-])ccc1O. The van der Waals surface area contributed by atoms with Crippen LogP contribution in [0.2, 0.25) is 0 Å². The zero-order valence-electron chi connectivity index (χ0n) is 8.55. The number of halogens is 3. The van der Waals surface area contributed by atoms with Crippen molar-refractivity contribution in [3.63, 3.8) is 0 Å². The molecular formula is C9H11ClF2N2O3. The Morgan fingerprint density at radius 2 is 2.06 bits per heavy atom. The first-order chi connectivity index (χ1) is 7.41. The maximum absolute atomic E-state index is 12.1. The Labute approximate surface area is 102 Å². The largest absolute Gasteiger partial charge is 0.508 e. The molecule has 0 aliphatic rings. The number of hydrogen-bond acceptors (Lipinski definition) is 4. The Bertz CT molecular complexity index is 404. The van der Waals surface area contributed by atoms with Gasteiger partial charge in [-0.15, -0.1) is 12.4 Å². The van der Waals surface area contributed by atoms with Gasteiger partial charge in [0.15, 0.2) is 0 Å². The lowest BCUT2D eigenvalue weighted by molar-refractivity contribution is -0.385. The van der Waals surface area contributed by atoms with Crippen LogP contribution in [0.25, 0.3) is 0 Å². The number of rotatable bonds is 4. The topological polar surface area (TPSA) is 89.4 Å². The quantitative estimate of drug-likeness (QED) is 0.648. The minimum Gasteiger partial charge on any atom is -0.508 e. The lowest BCUT2D eigenvalue weighted by Gasteiger charge is -2.12. The van der Waals surface area contributed by atoms with Crippen molar-refractivity contribution < 1.29 is 18.8 Å². The van der Waals surface area contributed by atoms with Crippen LogP contribution in [0.15, 0.2) is 18.2 Å². The van der Waals surface area contributed by atoms with Crippen LogP contribution in [0, 0.1) is 10.1 Å². The average Bonchev–Trinajstić information content (AvgIpc) is 2.16. The number of benzene rings is 1. The van der Waals surface area contributed by atoms with Gasteiger partial charge in [0.2, 0.25) is 6.43 Å². The fraction of sp³-hybridized carbons (Fsp3) is 0.333. The molecule has 0 fully saturated rings. The number of nitro groups is 1. The van der Waals surface area contributed by atoms with E-state index in [1.54, 1.807) is 0 Å². The van der Waals surface area contributed by atoms with E-state index in [1.165, 1.54) is 0 Å². The molecule has 0 heterocycles. The van der Waals surface area contributed by atoms with Crippen LogP contribution in [0.1, 0.15) is 18.0 Å². The zero-order chi connectivity index (χ0) is 12.3. The summed E-state index contributed by atoms with van der Waals surface area (Å²) in [7, 11) is 0. The highest BCUT2D eigenvalue weighted by molar-refractivity contribution is 5.85. The van der Waals surface area contributed by atoms with Gasteiger partial charge in [0.05, 0.1) is 4.92 Å². The van der Waals surface area contributed by atoms with Crippen LogP contribution in [0.5, 0.6) is 5.75 Å². The van der Waals surface area contributed by atoms with Gasteiger partial charge in [-0.05, 0) is 6.07 Å². The standard InChI is InChI=1S/C9H10F2N2O3.ClH/c10-9(11)4-7(12)6-3-5(13(15)16)1-2-8(6)14;/h1-3,7,9,14H,4,12H2;1H/t7-;/m0./s1. The molecule has 1 aromatic carbocycles. The predicted molar refractivity (Wildman–Crippen MR) is 59.6 cm³/mol. The molecule has 0 saturated carbocycles. The Morgan fingerprint density at radius 1 is 1.47 bits per heavy atom. The first-order valence-electron chi connectivity index (χ1n) is 4.43. The molecule has 0 unspecified atom stereocenters. The summed E-state index contributed by atoms with van der Waals surface area (Å²) in [5.74, 6) is -0.321. The zero-order valence-corrected chi connectivity index (χ0v) is 9.36. The summed E-state index contributed by atoms with van der Waals surface area (Å²) in [6.45, 7) is 0. The molecule has 0 spiro atoms. The Balaban J connectivity index is 0.00000256. The molecule has 0 radical (unpaired) electrons. The van der Waals surface area contributed by atoms with Gasteiger partial charge in [0.25, 0.3) is 5.69 Å². The van der Waals surface area contributed by atoms with E-state index in [4.69, 9.17) is 5.73 Å². The number of phenolic OH excluding ortho intramolecular Hbond substituents is 1. The highest BCUT2D eigenvalue weighted by Gasteiger charge is 2.19. The number of nitrogens with two attached hydrogens (primary N) is 1. The third-order valence-electron chi connectivity index (χ3n) is 2.05. The third-order valence-corrected chi connectivity index (χ3v) is 2.05. The minimum atomic E-state index is -2.63. The van der Waals surface area contributed by atoms with Gasteiger partial charge in [0, 0.05) is 30.2 Å². The molecule has 96 valence electrons. The van der Waals surface area contributed by atoms with Crippen molar-refractivity contribution in [3.8, 4) is 5.75 Å². The molecule has 0 bridgehead atoms. The van der Waals surface area contributed by atoms with E-state index in [9.17, 15) is 24.0 Å². The first kappa shape index (κ1) is 15.5. The van der Waals surface area contributed by atoms with Crippen molar-refractivity contribution >= 4 is 18.1 Å². The van der Waals surface area contributed by atoms with E-state index in [2.05, 4.69) is 0 Å². The number of nitro benzene ring substituents is 1. The second-order valence-corrected chi connectivity index (χ2v) is 3.23. The smallest absolute Gasteiger partial charge is 0.270 e. The Hall–Kier alpha value is -1.47. The van der Waals surface area contributed by atoms with E-state index in [0.29, 0.717) is 0 Å². The highest BCUT2D eigenvalue weighted by Crippen LogP contribution is 2.29. The monoisotopic (exact) mass is 268 g/mol. The van der Waals surface area contributed by atoms with Crippen molar-refractivity contribution in [3.05, 3.63) is 33.9 Å². The lowest BCUT2D eigenvalue weighted by Crippen LogP contribution is -2.14. The number of hydrogen-bond donors (Lipinski definition) is 2. The highest BCUT2D eigenvalue weighted by atomic mass is 35.5. The van der Waals surface area contributed by atoms with Gasteiger partial charge in [-0.2, -0.15) is 0 Å². The van der Waals surface area contributed by atoms with Gasteiger partial charge >= 0.3 is 0 Å². The van der Waals surface area contributed by atoms with E-state index in [0.717, 1.165) is 18.2 Å². The van der Waals surface area contributed by atoms with Gasteiger partial charge in [-0.3, -0.25) is 10.1 Å². The van der Waals surface area contributed by atoms with E-state index in [1.807, 2.05) is 0 Å². The fourth-order valence-corrected chi connectivity index (χ4v) is 1.27. The van der Waals surface area contributed by atoms with E-state index < -0.39 is 23.8 Å². The van der Waals surface area contributed by atoms with Crippen LogP contribution < -0.4 is 5.73 Å². The molecule has 0 aliphatic carbocycles. The number of alkyl halides is 2. The van der Waals surface area contributed by atoms with Crippen molar-refractivity contribution in [2.75, 3.05) is 0 Å². The lowest BCUT2D eigenvalue weighted by atomic mass is 10.0. The first-order valence-corrected chi connectivity index (χ1v) is 4.43. The molecule has 0 saturated heterocycles. The average molecular weight is 269 g/mol. The van der Waals surface area contributed by atoms with Crippen LogP contribution in [0.3, 0.4) is 0 Å². The van der Waals surface area contributed by atoms with Crippen LogP contribution in [-0.2, 0) is 0 Å². The molecule has 17 heavy (non-hydrogen) atoms. The maximum Gasteiger partial charge on any atom is 0.270 e. The van der Waals surface area contributed by atoms with Crippen molar-refractivity contribution in [2.24, 2.45) is 5.73 Å². The van der Waals surface area contributed by atoms with Gasteiger partial charge in [-0.25, -0.2) is 8.78 Å². The molecular weight excluding hydrogens is 258 g/mol. The summed E-state index contributed by atoms with van der Waals surface area (Å²) in [5.41, 5.74) is 5.06. The predicted octanol–water partition coefficient (Wildman–Crippen LogP) is 2.38. The summed E-state index contributed by atoms with van der Waals surface area (Å²) < 4.78 is 24.1. The Morgan fingerprint density at radius 3 is 2.53 bits per heavy atom.